The first-order chi connectivity index (χ1) is 8.99. The van der Waals surface area contributed by atoms with Gasteiger partial charge in [0.05, 0.1) is 11.5 Å². The number of nitrogens with zero attached hydrogens (tertiary/aromatic N) is 1. The SMILES string of the molecule is Cc1ccccc1C(C)(C)CNCC1(C#N)CCC1. The highest BCUT2D eigenvalue weighted by atomic mass is 14.9. The second-order valence-electron chi connectivity index (χ2n) is 6.55. The zero-order chi connectivity index (χ0) is 13.9. The molecule has 1 aromatic rings. The van der Waals surface area contributed by atoms with Crippen LogP contribution in [0.4, 0.5) is 0 Å². The monoisotopic (exact) mass is 256 g/mol. The van der Waals surface area contributed by atoms with E-state index in [1.165, 1.54) is 17.5 Å². The van der Waals surface area contributed by atoms with Gasteiger partial charge in [0.1, 0.15) is 0 Å². The quantitative estimate of drug-likeness (QED) is 0.874. The van der Waals surface area contributed by atoms with Gasteiger partial charge >= 0.3 is 0 Å². The fourth-order valence-electron chi connectivity index (χ4n) is 2.97. The van der Waals surface area contributed by atoms with Crippen LogP contribution < -0.4 is 5.32 Å². The van der Waals surface area contributed by atoms with Gasteiger partial charge in [-0.15, -0.1) is 0 Å². The second-order valence-corrected chi connectivity index (χ2v) is 6.55. The summed E-state index contributed by atoms with van der Waals surface area (Å²) in [4.78, 5) is 0. The van der Waals surface area contributed by atoms with E-state index in [1.54, 1.807) is 0 Å². The molecule has 0 atom stereocenters. The van der Waals surface area contributed by atoms with Crippen LogP contribution in [0.3, 0.4) is 0 Å². The Morgan fingerprint density at radius 2 is 2.00 bits per heavy atom. The largest absolute Gasteiger partial charge is 0.314 e. The molecule has 0 amide bonds. The van der Waals surface area contributed by atoms with E-state index in [1.807, 2.05) is 0 Å². The van der Waals surface area contributed by atoms with Gasteiger partial charge in [0, 0.05) is 18.5 Å². The van der Waals surface area contributed by atoms with E-state index in [-0.39, 0.29) is 10.8 Å². The second kappa shape index (κ2) is 5.35. The van der Waals surface area contributed by atoms with Gasteiger partial charge in [0.2, 0.25) is 0 Å². The number of benzene rings is 1. The summed E-state index contributed by atoms with van der Waals surface area (Å²) in [5.74, 6) is 0. The van der Waals surface area contributed by atoms with Crippen LogP contribution in [0, 0.1) is 23.7 Å². The molecule has 1 aromatic carbocycles. The highest BCUT2D eigenvalue weighted by molar-refractivity contribution is 5.32. The molecule has 1 aliphatic rings. The van der Waals surface area contributed by atoms with Crippen LogP contribution in [0.5, 0.6) is 0 Å². The molecule has 2 heteroatoms. The Balaban J connectivity index is 1.95. The number of hydrogen-bond acceptors (Lipinski definition) is 2. The third-order valence-electron chi connectivity index (χ3n) is 4.45. The lowest BCUT2D eigenvalue weighted by Crippen LogP contribution is -2.43. The lowest BCUT2D eigenvalue weighted by molar-refractivity contribution is 0.203. The van der Waals surface area contributed by atoms with Gasteiger partial charge in [-0.05, 0) is 30.9 Å². The summed E-state index contributed by atoms with van der Waals surface area (Å²) in [6.07, 6.45) is 3.32. The third kappa shape index (κ3) is 2.98. The van der Waals surface area contributed by atoms with Crippen molar-refractivity contribution in [2.45, 2.75) is 45.4 Å². The number of hydrogen-bond donors (Lipinski definition) is 1. The first kappa shape index (κ1) is 14.1. The minimum atomic E-state index is -0.0815. The molecule has 0 aliphatic heterocycles. The molecule has 1 aliphatic carbocycles. The van der Waals surface area contributed by atoms with Crippen LogP contribution in [0.2, 0.25) is 0 Å². The van der Waals surface area contributed by atoms with Gasteiger partial charge in [-0.25, -0.2) is 0 Å². The fraction of sp³-hybridized carbons (Fsp3) is 0.588. The average molecular weight is 256 g/mol. The van der Waals surface area contributed by atoms with Crippen LogP contribution in [0.1, 0.15) is 44.2 Å². The number of rotatable bonds is 5. The first-order valence-corrected chi connectivity index (χ1v) is 7.17. The predicted molar refractivity (Wildman–Crippen MR) is 79.0 cm³/mol. The van der Waals surface area contributed by atoms with Crippen LogP contribution in [0.15, 0.2) is 24.3 Å². The van der Waals surface area contributed by atoms with Gasteiger partial charge in [-0.3, -0.25) is 0 Å². The molecule has 19 heavy (non-hydrogen) atoms. The standard InChI is InChI=1S/C17H24N2/c1-14-7-4-5-8-15(14)16(2,3)12-19-13-17(11-18)9-6-10-17/h4-5,7-8,19H,6,9-10,12-13H2,1-3H3. The van der Waals surface area contributed by atoms with Crippen molar-refractivity contribution in [3.05, 3.63) is 35.4 Å². The normalized spacial score (nSPS) is 17.6. The van der Waals surface area contributed by atoms with Crippen LogP contribution >= 0.6 is 0 Å². The van der Waals surface area contributed by atoms with Crippen molar-refractivity contribution in [3.8, 4) is 6.07 Å². The van der Waals surface area contributed by atoms with Crippen molar-refractivity contribution in [2.24, 2.45) is 5.41 Å². The Bertz CT molecular complexity index is 478. The lowest BCUT2D eigenvalue weighted by Gasteiger charge is -2.37. The topological polar surface area (TPSA) is 35.8 Å². The molecular weight excluding hydrogens is 232 g/mol. The number of nitrogens with one attached hydrogen (secondary N) is 1. The van der Waals surface area contributed by atoms with Gasteiger partial charge < -0.3 is 5.32 Å². The van der Waals surface area contributed by atoms with E-state index in [0.29, 0.717) is 0 Å². The molecule has 0 aromatic heterocycles. The van der Waals surface area contributed by atoms with Crippen LogP contribution in [-0.4, -0.2) is 13.1 Å². The zero-order valence-corrected chi connectivity index (χ0v) is 12.3. The molecule has 0 spiro atoms. The lowest BCUT2D eigenvalue weighted by atomic mass is 9.70. The summed E-state index contributed by atoms with van der Waals surface area (Å²) < 4.78 is 0. The van der Waals surface area contributed by atoms with E-state index in [9.17, 15) is 5.26 Å². The van der Waals surface area contributed by atoms with Gasteiger partial charge in [0.15, 0.2) is 0 Å². The highest BCUT2D eigenvalue weighted by Gasteiger charge is 2.37. The summed E-state index contributed by atoms with van der Waals surface area (Å²) >= 11 is 0. The molecule has 0 saturated heterocycles. The molecule has 0 bridgehead atoms. The Labute approximate surface area is 116 Å². The van der Waals surface area contributed by atoms with Crippen molar-refractivity contribution in [1.82, 2.24) is 5.32 Å². The minimum Gasteiger partial charge on any atom is -0.314 e. The van der Waals surface area contributed by atoms with Crippen molar-refractivity contribution in [2.75, 3.05) is 13.1 Å². The Kier molecular flexibility index (Phi) is 3.96. The smallest absolute Gasteiger partial charge is 0.0703 e. The third-order valence-corrected chi connectivity index (χ3v) is 4.45. The summed E-state index contributed by atoms with van der Waals surface area (Å²) in [5, 5.41) is 12.8. The predicted octanol–water partition coefficient (Wildman–Crippen LogP) is 3.56. The molecular formula is C17H24N2. The maximum Gasteiger partial charge on any atom is 0.0703 e. The van der Waals surface area contributed by atoms with E-state index < -0.39 is 0 Å². The zero-order valence-electron chi connectivity index (χ0n) is 12.3. The maximum absolute atomic E-state index is 9.24. The van der Waals surface area contributed by atoms with Crippen molar-refractivity contribution >= 4 is 0 Å². The molecule has 1 N–H and O–H groups in total. The van der Waals surface area contributed by atoms with E-state index in [0.717, 1.165) is 25.9 Å². The van der Waals surface area contributed by atoms with Gasteiger partial charge in [-0.2, -0.15) is 5.26 Å². The Morgan fingerprint density at radius 1 is 1.32 bits per heavy atom. The number of aryl methyl sites for hydroxylation is 1. The van der Waals surface area contributed by atoms with Crippen molar-refractivity contribution < 1.29 is 0 Å². The van der Waals surface area contributed by atoms with E-state index >= 15 is 0 Å². The van der Waals surface area contributed by atoms with E-state index in [2.05, 4.69) is 56.4 Å². The van der Waals surface area contributed by atoms with Gasteiger partial charge in [0.25, 0.3) is 0 Å². The molecule has 2 rings (SSSR count). The molecule has 0 unspecified atom stereocenters. The molecule has 2 nitrogen and oxygen atoms in total. The van der Waals surface area contributed by atoms with Crippen LogP contribution in [0.25, 0.3) is 0 Å². The Hall–Kier alpha value is -1.33. The van der Waals surface area contributed by atoms with E-state index in [4.69, 9.17) is 0 Å². The van der Waals surface area contributed by atoms with Gasteiger partial charge in [-0.1, -0.05) is 44.5 Å². The molecule has 1 saturated carbocycles. The molecule has 0 heterocycles. The summed E-state index contributed by atoms with van der Waals surface area (Å²) in [7, 11) is 0. The summed E-state index contributed by atoms with van der Waals surface area (Å²) in [5.41, 5.74) is 2.75. The fourth-order valence-corrected chi connectivity index (χ4v) is 2.97. The minimum absolute atomic E-state index is 0.0815. The molecule has 0 radical (unpaired) electrons. The average Bonchev–Trinajstić information content (AvgIpc) is 2.33. The molecule has 102 valence electrons. The summed E-state index contributed by atoms with van der Waals surface area (Å²) in [6, 6.07) is 11.1. The maximum atomic E-state index is 9.24. The Morgan fingerprint density at radius 3 is 2.53 bits per heavy atom. The highest BCUT2D eigenvalue weighted by Crippen LogP contribution is 2.39. The van der Waals surface area contributed by atoms with Crippen LogP contribution in [-0.2, 0) is 5.41 Å². The molecule has 1 fully saturated rings. The number of nitriles is 1. The van der Waals surface area contributed by atoms with Crippen molar-refractivity contribution in [1.29, 1.82) is 5.26 Å². The summed E-state index contributed by atoms with van der Waals surface area (Å²) in [6.45, 7) is 8.45. The van der Waals surface area contributed by atoms with Crippen molar-refractivity contribution in [3.63, 3.8) is 0 Å². The first-order valence-electron chi connectivity index (χ1n) is 7.17.